The Morgan fingerprint density at radius 1 is 1.00 bits per heavy atom. The Hall–Kier alpha value is -1.23. The maximum atomic E-state index is 12.1. The second-order valence-corrected chi connectivity index (χ2v) is 5.97. The van der Waals surface area contributed by atoms with Gasteiger partial charge in [0, 0.05) is 6.54 Å². The summed E-state index contributed by atoms with van der Waals surface area (Å²) in [5.74, 6) is 1.59. The van der Waals surface area contributed by atoms with Gasteiger partial charge >= 0.3 is 6.36 Å². The van der Waals surface area contributed by atoms with Crippen molar-refractivity contribution in [3.63, 3.8) is 0 Å². The SMILES string of the molecule is CC(C)C(CNCc1ccc(OC(F)(F)F)cc1)C(C)C. The number of hydrogen-bond acceptors (Lipinski definition) is 2. The van der Waals surface area contributed by atoms with Crippen molar-refractivity contribution in [2.45, 2.75) is 40.6 Å². The number of hydrogen-bond donors (Lipinski definition) is 1. The molecule has 0 saturated heterocycles. The molecule has 2 nitrogen and oxygen atoms in total. The largest absolute Gasteiger partial charge is 0.573 e. The quantitative estimate of drug-likeness (QED) is 0.794. The second kappa shape index (κ2) is 7.69. The summed E-state index contributed by atoms with van der Waals surface area (Å²) >= 11 is 0. The molecule has 0 bridgehead atoms. The van der Waals surface area contributed by atoms with Crippen molar-refractivity contribution in [1.82, 2.24) is 5.32 Å². The van der Waals surface area contributed by atoms with Crippen LogP contribution in [0.1, 0.15) is 33.3 Å². The third-order valence-electron chi connectivity index (χ3n) is 3.58. The van der Waals surface area contributed by atoms with Crippen LogP contribution in [0, 0.1) is 17.8 Å². The smallest absolute Gasteiger partial charge is 0.406 e. The predicted molar refractivity (Wildman–Crippen MR) is 78.0 cm³/mol. The molecule has 1 aromatic carbocycles. The number of benzene rings is 1. The van der Waals surface area contributed by atoms with Gasteiger partial charge in [0.15, 0.2) is 0 Å². The fraction of sp³-hybridized carbons (Fsp3) is 0.625. The zero-order valence-corrected chi connectivity index (χ0v) is 13.0. The van der Waals surface area contributed by atoms with Crippen molar-refractivity contribution in [2.24, 2.45) is 17.8 Å². The first-order valence-electron chi connectivity index (χ1n) is 7.24. The van der Waals surface area contributed by atoms with Crippen molar-refractivity contribution < 1.29 is 17.9 Å². The van der Waals surface area contributed by atoms with Gasteiger partial charge in [0.2, 0.25) is 0 Å². The molecular formula is C16H24F3NO. The van der Waals surface area contributed by atoms with Crippen LogP contribution in [0.25, 0.3) is 0 Å². The van der Waals surface area contributed by atoms with Gasteiger partial charge in [-0.15, -0.1) is 13.2 Å². The van der Waals surface area contributed by atoms with Gasteiger partial charge in [0.1, 0.15) is 5.75 Å². The van der Waals surface area contributed by atoms with Crippen molar-refractivity contribution in [1.29, 1.82) is 0 Å². The summed E-state index contributed by atoms with van der Waals surface area (Å²) in [7, 11) is 0. The minimum Gasteiger partial charge on any atom is -0.406 e. The van der Waals surface area contributed by atoms with Crippen LogP contribution in [0.5, 0.6) is 5.75 Å². The van der Waals surface area contributed by atoms with E-state index in [0.717, 1.165) is 12.1 Å². The molecule has 1 N–H and O–H groups in total. The molecule has 0 atom stereocenters. The zero-order valence-electron chi connectivity index (χ0n) is 13.0. The number of rotatable bonds is 7. The molecule has 1 rings (SSSR count). The molecule has 21 heavy (non-hydrogen) atoms. The van der Waals surface area contributed by atoms with E-state index in [1.54, 1.807) is 12.1 Å². The van der Waals surface area contributed by atoms with Crippen molar-refractivity contribution in [2.75, 3.05) is 6.54 Å². The average Bonchev–Trinajstić information content (AvgIpc) is 2.33. The van der Waals surface area contributed by atoms with E-state index in [4.69, 9.17) is 0 Å². The minimum absolute atomic E-state index is 0.187. The van der Waals surface area contributed by atoms with Gasteiger partial charge in [-0.05, 0) is 42.0 Å². The Bertz CT molecular complexity index is 405. The first-order valence-corrected chi connectivity index (χ1v) is 7.24. The topological polar surface area (TPSA) is 21.3 Å². The van der Waals surface area contributed by atoms with E-state index in [2.05, 4.69) is 37.7 Å². The molecule has 0 saturated carbocycles. The van der Waals surface area contributed by atoms with Gasteiger partial charge in [-0.3, -0.25) is 0 Å². The van der Waals surface area contributed by atoms with Crippen LogP contribution in [0.15, 0.2) is 24.3 Å². The highest BCUT2D eigenvalue weighted by Crippen LogP contribution is 2.23. The van der Waals surface area contributed by atoms with Gasteiger partial charge in [-0.1, -0.05) is 39.8 Å². The Morgan fingerprint density at radius 2 is 1.52 bits per heavy atom. The molecule has 0 amide bonds. The van der Waals surface area contributed by atoms with Crippen LogP contribution in [0.3, 0.4) is 0 Å². The van der Waals surface area contributed by atoms with Gasteiger partial charge in [-0.2, -0.15) is 0 Å². The number of halogens is 3. The molecular weight excluding hydrogens is 279 g/mol. The van der Waals surface area contributed by atoms with E-state index in [0.29, 0.717) is 24.3 Å². The Balaban J connectivity index is 2.46. The molecule has 0 aliphatic carbocycles. The summed E-state index contributed by atoms with van der Waals surface area (Å²) in [5.41, 5.74) is 0.941. The fourth-order valence-electron chi connectivity index (χ4n) is 2.43. The Kier molecular flexibility index (Phi) is 6.52. The van der Waals surface area contributed by atoms with Gasteiger partial charge in [0.05, 0.1) is 0 Å². The molecule has 0 heterocycles. The molecule has 0 unspecified atom stereocenters. The van der Waals surface area contributed by atoms with E-state index < -0.39 is 6.36 Å². The summed E-state index contributed by atoms with van der Waals surface area (Å²) in [6.07, 6.45) is -4.64. The van der Waals surface area contributed by atoms with E-state index >= 15 is 0 Å². The molecule has 0 aliphatic rings. The molecule has 0 aromatic heterocycles. The summed E-state index contributed by atoms with van der Waals surface area (Å²) in [5, 5.41) is 3.37. The third-order valence-corrected chi connectivity index (χ3v) is 3.58. The highest BCUT2D eigenvalue weighted by atomic mass is 19.4. The molecule has 0 radical (unpaired) electrons. The van der Waals surface area contributed by atoms with Crippen molar-refractivity contribution in [3.05, 3.63) is 29.8 Å². The summed E-state index contributed by atoms with van der Waals surface area (Å²) < 4.78 is 40.0. The lowest BCUT2D eigenvalue weighted by atomic mass is 9.85. The van der Waals surface area contributed by atoms with E-state index in [-0.39, 0.29) is 5.75 Å². The molecule has 120 valence electrons. The Labute approximate surface area is 124 Å². The number of nitrogens with one attached hydrogen (secondary N) is 1. The molecule has 5 heteroatoms. The maximum absolute atomic E-state index is 12.1. The van der Waals surface area contributed by atoms with E-state index in [1.807, 2.05) is 0 Å². The number of ether oxygens (including phenoxy) is 1. The lowest BCUT2D eigenvalue weighted by Crippen LogP contribution is -2.29. The standard InChI is InChI=1S/C16H24F3NO/c1-11(2)15(12(3)4)10-20-9-13-5-7-14(8-6-13)21-16(17,18)19/h5-8,11-12,15,20H,9-10H2,1-4H3. The molecule has 0 fully saturated rings. The van der Waals surface area contributed by atoms with Gasteiger partial charge in [0.25, 0.3) is 0 Å². The van der Waals surface area contributed by atoms with Gasteiger partial charge in [-0.25, -0.2) is 0 Å². The van der Waals surface area contributed by atoms with Crippen LogP contribution in [0.4, 0.5) is 13.2 Å². The first kappa shape index (κ1) is 17.8. The van der Waals surface area contributed by atoms with Crippen LogP contribution < -0.4 is 10.1 Å². The van der Waals surface area contributed by atoms with Gasteiger partial charge < -0.3 is 10.1 Å². The highest BCUT2D eigenvalue weighted by Gasteiger charge is 2.30. The third kappa shape index (κ3) is 6.85. The summed E-state index contributed by atoms with van der Waals surface area (Å²) in [6, 6.07) is 5.97. The summed E-state index contributed by atoms with van der Waals surface area (Å²) in [4.78, 5) is 0. The average molecular weight is 303 g/mol. The fourth-order valence-corrected chi connectivity index (χ4v) is 2.43. The predicted octanol–water partition coefficient (Wildman–Crippen LogP) is 4.60. The lowest BCUT2D eigenvalue weighted by molar-refractivity contribution is -0.274. The summed E-state index contributed by atoms with van der Waals surface area (Å²) in [6.45, 7) is 10.4. The molecule has 0 aliphatic heterocycles. The van der Waals surface area contributed by atoms with E-state index in [9.17, 15) is 13.2 Å². The van der Waals surface area contributed by atoms with Crippen molar-refractivity contribution >= 4 is 0 Å². The second-order valence-electron chi connectivity index (χ2n) is 5.97. The van der Waals surface area contributed by atoms with Crippen LogP contribution >= 0.6 is 0 Å². The molecule has 0 spiro atoms. The van der Waals surface area contributed by atoms with Crippen LogP contribution in [0.2, 0.25) is 0 Å². The molecule has 1 aromatic rings. The number of alkyl halides is 3. The van der Waals surface area contributed by atoms with E-state index in [1.165, 1.54) is 12.1 Å². The first-order chi connectivity index (χ1) is 9.69. The highest BCUT2D eigenvalue weighted by molar-refractivity contribution is 5.27. The maximum Gasteiger partial charge on any atom is 0.573 e. The zero-order chi connectivity index (χ0) is 16.0. The van der Waals surface area contributed by atoms with Crippen molar-refractivity contribution in [3.8, 4) is 5.75 Å². The monoisotopic (exact) mass is 303 g/mol. The Morgan fingerprint density at radius 3 is 1.95 bits per heavy atom. The van der Waals surface area contributed by atoms with Crippen LogP contribution in [-0.2, 0) is 6.54 Å². The minimum atomic E-state index is -4.64. The van der Waals surface area contributed by atoms with Crippen LogP contribution in [-0.4, -0.2) is 12.9 Å². The normalized spacial score (nSPS) is 12.5. The lowest BCUT2D eigenvalue weighted by Gasteiger charge is -2.25.